The molecule has 1 aliphatic rings. The quantitative estimate of drug-likeness (QED) is 0.462. The largest absolute Gasteiger partial charge is 0.487 e. The van der Waals surface area contributed by atoms with Crippen LogP contribution in [0.4, 0.5) is 11.4 Å². The van der Waals surface area contributed by atoms with Crippen LogP contribution in [-0.2, 0) is 22.6 Å². The molecule has 1 heterocycles. The first kappa shape index (κ1) is 22.7. The molecule has 1 aliphatic heterocycles. The molecule has 4 rings (SSSR count). The Bertz CT molecular complexity index is 1120. The number of carbonyl (C=O) groups is 2. The fraction of sp³-hybridized carbons (Fsp3) is 0.231. The fourth-order valence-electron chi connectivity index (χ4n) is 3.71. The van der Waals surface area contributed by atoms with Gasteiger partial charge in [-0.3, -0.25) is 20.4 Å². The topological polar surface area (TPSA) is 70.7 Å². The van der Waals surface area contributed by atoms with Crippen molar-refractivity contribution in [2.75, 3.05) is 16.9 Å². The number of carbonyl (C=O) groups excluding carboxylic acids is 2. The van der Waals surface area contributed by atoms with Gasteiger partial charge in [0, 0.05) is 23.7 Å². The molecule has 0 bridgehead atoms. The summed E-state index contributed by atoms with van der Waals surface area (Å²) in [6, 6.07) is 22.7. The van der Waals surface area contributed by atoms with Crippen molar-refractivity contribution in [3.05, 3.63) is 88.9 Å². The summed E-state index contributed by atoms with van der Waals surface area (Å²) in [4.78, 5) is 26.9. The van der Waals surface area contributed by atoms with Crippen LogP contribution in [0, 0.1) is 5.92 Å². The summed E-state index contributed by atoms with van der Waals surface area (Å²) >= 11 is 5.93. The van der Waals surface area contributed by atoms with Gasteiger partial charge in [-0.15, -0.1) is 0 Å². The second kappa shape index (κ2) is 10.4. The van der Waals surface area contributed by atoms with Crippen LogP contribution >= 0.6 is 11.6 Å². The molecule has 0 spiro atoms. The summed E-state index contributed by atoms with van der Waals surface area (Å²) in [5, 5.41) is 0.672. The first-order chi connectivity index (χ1) is 16.0. The lowest BCUT2D eigenvalue weighted by Gasteiger charge is -2.18. The predicted molar refractivity (Wildman–Crippen MR) is 130 cm³/mol. The van der Waals surface area contributed by atoms with Crippen LogP contribution in [0.25, 0.3) is 0 Å². The average molecular weight is 464 g/mol. The summed E-state index contributed by atoms with van der Waals surface area (Å²) in [6.07, 6.45) is 1.12. The van der Waals surface area contributed by atoms with Crippen LogP contribution in [0.2, 0.25) is 5.02 Å². The van der Waals surface area contributed by atoms with Crippen LogP contribution in [0.5, 0.6) is 5.75 Å². The lowest BCUT2D eigenvalue weighted by Crippen LogP contribution is -2.36. The maximum atomic E-state index is 12.8. The van der Waals surface area contributed by atoms with E-state index in [1.165, 1.54) is 5.56 Å². The molecule has 1 atom stereocenters. The molecule has 0 saturated carbocycles. The van der Waals surface area contributed by atoms with Gasteiger partial charge in [-0.1, -0.05) is 54.9 Å². The van der Waals surface area contributed by atoms with Crippen molar-refractivity contribution >= 4 is 34.8 Å². The van der Waals surface area contributed by atoms with Crippen molar-refractivity contribution in [1.29, 1.82) is 0 Å². The van der Waals surface area contributed by atoms with E-state index in [-0.39, 0.29) is 18.2 Å². The third-order valence-corrected chi connectivity index (χ3v) is 5.92. The Hall–Kier alpha value is -3.51. The van der Waals surface area contributed by atoms with Crippen molar-refractivity contribution < 1.29 is 14.3 Å². The Balaban J connectivity index is 1.34. The van der Waals surface area contributed by atoms with Crippen LogP contribution in [-0.4, -0.2) is 18.4 Å². The second-order valence-corrected chi connectivity index (χ2v) is 8.39. The van der Waals surface area contributed by atoms with Crippen molar-refractivity contribution in [2.45, 2.75) is 26.4 Å². The number of nitrogens with zero attached hydrogens (tertiary/aromatic N) is 1. The zero-order chi connectivity index (χ0) is 23.2. The van der Waals surface area contributed by atoms with Crippen molar-refractivity contribution in [3.8, 4) is 5.75 Å². The normalized spacial score (nSPS) is 15.4. The van der Waals surface area contributed by atoms with Gasteiger partial charge >= 0.3 is 0 Å². The molecule has 170 valence electrons. The summed E-state index contributed by atoms with van der Waals surface area (Å²) in [5.41, 5.74) is 9.32. The molecule has 3 aromatic carbocycles. The van der Waals surface area contributed by atoms with Crippen LogP contribution in [0.15, 0.2) is 72.8 Å². The highest BCUT2D eigenvalue weighted by molar-refractivity contribution is 6.30. The Labute approximate surface area is 198 Å². The fourth-order valence-corrected chi connectivity index (χ4v) is 3.84. The van der Waals surface area contributed by atoms with Crippen LogP contribution in [0.1, 0.15) is 24.5 Å². The van der Waals surface area contributed by atoms with Crippen LogP contribution < -0.4 is 20.5 Å². The molecular formula is C26H26ClN3O3. The predicted octanol–water partition coefficient (Wildman–Crippen LogP) is 4.98. The number of nitrogens with one attached hydrogen (secondary N) is 2. The number of hydrazine groups is 1. The molecule has 3 aromatic rings. The SMILES string of the molecule is CCc1ccc(N2C[C@H](C(=O)NNc3ccccc3OCc3ccc(Cl)cc3)CC2=O)cc1. The third-order valence-electron chi connectivity index (χ3n) is 5.67. The molecule has 1 fully saturated rings. The minimum atomic E-state index is -0.432. The second-order valence-electron chi connectivity index (χ2n) is 7.95. The lowest BCUT2D eigenvalue weighted by molar-refractivity contribution is -0.125. The van der Waals surface area contributed by atoms with E-state index in [2.05, 4.69) is 17.8 Å². The highest BCUT2D eigenvalue weighted by Gasteiger charge is 2.35. The van der Waals surface area contributed by atoms with E-state index in [1.807, 2.05) is 72.8 Å². The van der Waals surface area contributed by atoms with Crippen LogP contribution in [0.3, 0.4) is 0 Å². The number of hydrogen-bond acceptors (Lipinski definition) is 4. The molecule has 0 aliphatic carbocycles. The molecule has 7 heteroatoms. The summed E-state index contributed by atoms with van der Waals surface area (Å²) in [5.74, 6) is -0.111. The summed E-state index contributed by atoms with van der Waals surface area (Å²) in [6.45, 7) is 2.81. The lowest BCUT2D eigenvalue weighted by atomic mass is 10.1. The summed E-state index contributed by atoms with van der Waals surface area (Å²) in [7, 11) is 0. The van der Waals surface area contributed by atoms with E-state index in [4.69, 9.17) is 16.3 Å². The zero-order valence-corrected chi connectivity index (χ0v) is 19.1. The molecule has 0 unspecified atom stereocenters. The number of aryl methyl sites for hydroxylation is 1. The van der Waals surface area contributed by atoms with Gasteiger partial charge in [0.2, 0.25) is 11.8 Å². The Morgan fingerprint density at radius 3 is 2.45 bits per heavy atom. The monoisotopic (exact) mass is 463 g/mol. The Morgan fingerprint density at radius 2 is 1.73 bits per heavy atom. The molecule has 2 amide bonds. The highest BCUT2D eigenvalue weighted by Crippen LogP contribution is 2.27. The highest BCUT2D eigenvalue weighted by atomic mass is 35.5. The number of rotatable bonds is 8. The minimum absolute atomic E-state index is 0.0499. The molecule has 33 heavy (non-hydrogen) atoms. The maximum Gasteiger partial charge on any atom is 0.243 e. The third kappa shape index (κ3) is 5.65. The first-order valence-corrected chi connectivity index (χ1v) is 11.3. The summed E-state index contributed by atoms with van der Waals surface area (Å²) < 4.78 is 5.91. The average Bonchev–Trinajstić information content (AvgIpc) is 3.24. The molecular weight excluding hydrogens is 438 g/mol. The Kier molecular flexibility index (Phi) is 7.15. The molecule has 0 radical (unpaired) electrons. The molecule has 2 N–H and O–H groups in total. The van der Waals surface area contributed by atoms with E-state index >= 15 is 0 Å². The number of anilines is 2. The van der Waals surface area contributed by atoms with Gasteiger partial charge < -0.3 is 9.64 Å². The van der Waals surface area contributed by atoms with E-state index in [9.17, 15) is 9.59 Å². The number of para-hydroxylation sites is 2. The van der Waals surface area contributed by atoms with Gasteiger partial charge in [0.25, 0.3) is 0 Å². The molecule has 1 saturated heterocycles. The standard InChI is InChI=1S/C26H26ClN3O3/c1-2-18-9-13-22(14-10-18)30-16-20(15-25(30)31)26(32)29-28-23-5-3-4-6-24(23)33-17-19-7-11-21(27)12-8-19/h3-14,20,28H,2,15-17H2,1H3,(H,29,32)/t20-/m1/s1. The molecule has 6 nitrogen and oxygen atoms in total. The molecule has 0 aromatic heterocycles. The van der Waals surface area contributed by atoms with Gasteiger partial charge in [-0.05, 0) is 53.9 Å². The van der Waals surface area contributed by atoms with E-state index < -0.39 is 5.92 Å². The van der Waals surface area contributed by atoms with Gasteiger partial charge in [0.1, 0.15) is 12.4 Å². The zero-order valence-electron chi connectivity index (χ0n) is 18.4. The van der Waals surface area contributed by atoms with Crippen molar-refractivity contribution in [2.24, 2.45) is 5.92 Å². The van der Waals surface area contributed by atoms with Gasteiger partial charge in [-0.25, -0.2) is 0 Å². The minimum Gasteiger partial charge on any atom is -0.487 e. The number of ether oxygens (including phenoxy) is 1. The number of benzene rings is 3. The van der Waals surface area contributed by atoms with E-state index in [0.29, 0.717) is 29.6 Å². The van der Waals surface area contributed by atoms with Crippen molar-refractivity contribution in [1.82, 2.24) is 5.43 Å². The van der Waals surface area contributed by atoms with E-state index in [0.717, 1.165) is 17.7 Å². The number of amides is 2. The van der Waals surface area contributed by atoms with E-state index in [1.54, 1.807) is 4.90 Å². The van der Waals surface area contributed by atoms with Gasteiger partial charge in [-0.2, -0.15) is 0 Å². The van der Waals surface area contributed by atoms with Gasteiger partial charge in [0.05, 0.1) is 11.6 Å². The Morgan fingerprint density at radius 1 is 1.03 bits per heavy atom. The maximum absolute atomic E-state index is 12.8. The smallest absolute Gasteiger partial charge is 0.243 e. The number of hydrogen-bond donors (Lipinski definition) is 2. The number of halogens is 1. The first-order valence-electron chi connectivity index (χ1n) is 10.9. The van der Waals surface area contributed by atoms with Crippen molar-refractivity contribution in [3.63, 3.8) is 0 Å². The van der Waals surface area contributed by atoms with Gasteiger partial charge in [0.15, 0.2) is 0 Å².